The molecule has 29 heavy (non-hydrogen) atoms. The predicted molar refractivity (Wildman–Crippen MR) is 107 cm³/mol. The Bertz CT molecular complexity index is 1000. The Morgan fingerprint density at radius 3 is 2.55 bits per heavy atom. The van der Waals surface area contributed by atoms with Crippen molar-refractivity contribution >= 4 is 17.7 Å². The molecule has 0 bridgehead atoms. The molecule has 3 aliphatic rings. The molecule has 1 atom stereocenters. The third-order valence-corrected chi connectivity index (χ3v) is 6.26. The first kappa shape index (κ1) is 18.1. The van der Waals surface area contributed by atoms with Gasteiger partial charge in [0.05, 0.1) is 0 Å². The number of benzene rings is 2. The first-order valence-corrected chi connectivity index (χ1v) is 10.1. The summed E-state index contributed by atoms with van der Waals surface area (Å²) in [4.78, 5) is 40.9. The number of rotatable bonds is 3. The van der Waals surface area contributed by atoms with Crippen molar-refractivity contribution in [2.45, 2.75) is 44.9 Å². The van der Waals surface area contributed by atoms with Crippen molar-refractivity contribution in [1.82, 2.24) is 15.1 Å². The molecule has 0 aliphatic carbocycles. The second-order valence-electron chi connectivity index (χ2n) is 8.08. The van der Waals surface area contributed by atoms with Crippen LogP contribution >= 0.6 is 0 Å². The SMILES string of the molecule is O=C1CCC(N2Cc3c(ccc4c3CN(Cc3ccccc3)CC4)C2=O)C(=O)N1. The molecule has 0 spiro atoms. The zero-order valence-electron chi connectivity index (χ0n) is 16.2. The van der Waals surface area contributed by atoms with Crippen LogP contribution in [0.1, 0.15) is 45.5 Å². The van der Waals surface area contributed by atoms with Gasteiger partial charge < -0.3 is 4.90 Å². The van der Waals surface area contributed by atoms with Crippen molar-refractivity contribution < 1.29 is 14.4 Å². The lowest BCUT2D eigenvalue weighted by atomic mass is 9.92. The first-order chi connectivity index (χ1) is 14.1. The molecule has 148 valence electrons. The number of nitrogens with zero attached hydrogens (tertiary/aromatic N) is 2. The highest BCUT2D eigenvalue weighted by atomic mass is 16.2. The molecule has 0 radical (unpaired) electrons. The van der Waals surface area contributed by atoms with Crippen LogP contribution in [0.25, 0.3) is 0 Å². The highest BCUT2D eigenvalue weighted by Crippen LogP contribution is 2.34. The Hall–Kier alpha value is -2.99. The maximum Gasteiger partial charge on any atom is 0.255 e. The highest BCUT2D eigenvalue weighted by Gasteiger charge is 2.40. The lowest BCUT2D eigenvalue weighted by molar-refractivity contribution is -0.136. The van der Waals surface area contributed by atoms with Gasteiger partial charge in [-0.15, -0.1) is 0 Å². The van der Waals surface area contributed by atoms with E-state index in [1.165, 1.54) is 16.7 Å². The number of carbonyl (C=O) groups excluding carboxylic acids is 3. The normalized spacial score (nSPS) is 21.7. The number of amides is 3. The minimum Gasteiger partial charge on any atom is -0.322 e. The maximum absolute atomic E-state index is 13.0. The van der Waals surface area contributed by atoms with Gasteiger partial charge in [0, 0.05) is 38.2 Å². The van der Waals surface area contributed by atoms with E-state index >= 15 is 0 Å². The standard InChI is InChI=1S/C23H23N3O3/c27-21-9-8-20(22(28)24-21)26-14-19-17(23(26)29)7-6-16-10-11-25(13-18(16)19)12-15-4-2-1-3-5-15/h1-7,20H,8-14H2,(H,24,27,28). The summed E-state index contributed by atoms with van der Waals surface area (Å²) in [5.74, 6) is -0.719. The van der Waals surface area contributed by atoms with E-state index in [2.05, 4.69) is 40.5 Å². The van der Waals surface area contributed by atoms with Gasteiger partial charge in [0.25, 0.3) is 5.91 Å². The van der Waals surface area contributed by atoms with Gasteiger partial charge in [-0.05, 0) is 41.2 Å². The second kappa shape index (κ2) is 7.12. The fourth-order valence-electron chi connectivity index (χ4n) is 4.74. The molecular formula is C23H23N3O3. The zero-order chi connectivity index (χ0) is 20.0. The highest BCUT2D eigenvalue weighted by molar-refractivity contribution is 6.05. The quantitative estimate of drug-likeness (QED) is 0.816. The number of piperidine rings is 1. The van der Waals surface area contributed by atoms with Gasteiger partial charge in [-0.25, -0.2) is 0 Å². The van der Waals surface area contributed by atoms with E-state index in [4.69, 9.17) is 0 Å². The third-order valence-electron chi connectivity index (χ3n) is 6.26. The fraction of sp³-hybridized carbons (Fsp3) is 0.348. The summed E-state index contributed by atoms with van der Waals surface area (Å²) in [6, 6.07) is 13.8. The van der Waals surface area contributed by atoms with Crippen molar-refractivity contribution in [3.8, 4) is 0 Å². The molecule has 0 saturated carbocycles. The molecule has 6 nitrogen and oxygen atoms in total. The molecule has 1 unspecified atom stereocenters. The topological polar surface area (TPSA) is 69.7 Å². The van der Waals surface area contributed by atoms with Crippen molar-refractivity contribution in [2.75, 3.05) is 6.54 Å². The summed E-state index contributed by atoms with van der Waals surface area (Å²) in [6.07, 6.45) is 1.63. The van der Waals surface area contributed by atoms with Crippen LogP contribution < -0.4 is 5.32 Å². The van der Waals surface area contributed by atoms with E-state index in [0.29, 0.717) is 18.5 Å². The molecule has 1 fully saturated rings. The van der Waals surface area contributed by atoms with Crippen molar-refractivity contribution in [3.63, 3.8) is 0 Å². The van der Waals surface area contributed by atoms with Gasteiger partial charge >= 0.3 is 0 Å². The molecular weight excluding hydrogens is 366 g/mol. The lowest BCUT2D eigenvalue weighted by Gasteiger charge is -2.31. The van der Waals surface area contributed by atoms with Crippen LogP contribution in [0.4, 0.5) is 0 Å². The number of hydrogen-bond acceptors (Lipinski definition) is 4. The smallest absolute Gasteiger partial charge is 0.255 e. The van der Waals surface area contributed by atoms with Crippen LogP contribution in [-0.2, 0) is 35.6 Å². The Morgan fingerprint density at radius 1 is 0.931 bits per heavy atom. The Balaban J connectivity index is 1.40. The Labute approximate surface area is 169 Å². The number of imide groups is 1. The van der Waals surface area contributed by atoms with Gasteiger partial charge in [-0.3, -0.25) is 24.6 Å². The van der Waals surface area contributed by atoms with E-state index in [9.17, 15) is 14.4 Å². The number of hydrogen-bond donors (Lipinski definition) is 1. The lowest BCUT2D eigenvalue weighted by Crippen LogP contribution is -2.52. The van der Waals surface area contributed by atoms with Gasteiger partial charge in [0.15, 0.2) is 0 Å². The van der Waals surface area contributed by atoms with E-state index < -0.39 is 6.04 Å². The van der Waals surface area contributed by atoms with E-state index in [-0.39, 0.29) is 24.1 Å². The number of nitrogens with one attached hydrogen (secondary N) is 1. The summed E-state index contributed by atoms with van der Waals surface area (Å²) in [5, 5.41) is 2.37. The molecule has 5 rings (SSSR count). The summed E-state index contributed by atoms with van der Waals surface area (Å²) < 4.78 is 0. The maximum atomic E-state index is 13.0. The van der Waals surface area contributed by atoms with Crippen LogP contribution in [0.5, 0.6) is 0 Å². The summed E-state index contributed by atoms with van der Waals surface area (Å²) in [5.41, 5.74) is 5.56. The second-order valence-corrected chi connectivity index (χ2v) is 8.08. The predicted octanol–water partition coefficient (Wildman–Crippen LogP) is 2.01. The zero-order valence-corrected chi connectivity index (χ0v) is 16.2. The summed E-state index contributed by atoms with van der Waals surface area (Å²) in [7, 11) is 0. The Kier molecular flexibility index (Phi) is 4.43. The van der Waals surface area contributed by atoms with Gasteiger partial charge in [0.1, 0.15) is 6.04 Å². The largest absolute Gasteiger partial charge is 0.322 e. The van der Waals surface area contributed by atoms with Gasteiger partial charge in [0.2, 0.25) is 11.8 Å². The van der Waals surface area contributed by atoms with Crippen molar-refractivity contribution in [3.05, 3.63) is 70.3 Å². The summed E-state index contributed by atoms with van der Waals surface area (Å²) >= 11 is 0. The summed E-state index contributed by atoms with van der Waals surface area (Å²) in [6.45, 7) is 3.13. The van der Waals surface area contributed by atoms with E-state index in [1.807, 2.05) is 12.1 Å². The molecule has 1 saturated heterocycles. The van der Waals surface area contributed by atoms with Crippen molar-refractivity contribution in [1.29, 1.82) is 0 Å². The van der Waals surface area contributed by atoms with E-state index in [0.717, 1.165) is 31.6 Å². The molecule has 6 heteroatoms. The van der Waals surface area contributed by atoms with Gasteiger partial charge in [-0.2, -0.15) is 0 Å². The number of fused-ring (bicyclic) bond motifs is 3. The molecule has 3 amide bonds. The van der Waals surface area contributed by atoms with Crippen molar-refractivity contribution in [2.24, 2.45) is 0 Å². The fourth-order valence-corrected chi connectivity index (χ4v) is 4.74. The molecule has 3 aliphatic heterocycles. The average Bonchev–Trinajstić information content (AvgIpc) is 3.06. The minimum atomic E-state index is -0.563. The monoisotopic (exact) mass is 389 g/mol. The number of carbonyl (C=O) groups is 3. The molecule has 2 aromatic rings. The average molecular weight is 389 g/mol. The van der Waals surface area contributed by atoms with E-state index in [1.54, 1.807) is 4.90 Å². The first-order valence-electron chi connectivity index (χ1n) is 10.1. The van der Waals surface area contributed by atoms with Crippen LogP contribution in [0.3, 0.4) is 0 Å². The molecule has 2 aromatic carbocycles. The van der Waals surface area contributed by atoms with Crippen LogP contribution in [0, 0.1) is 0 Å². The van der Waals surface area contributed by atoms with Crippen LogP contribution in [0.15, 0.2) is 42.5 Å². The van der Waals surface area contributed by atoms with Crippen LogP contribution in [-0.4, -0.2) is 40.1 Å². The Morgan fingerprint density at radius 2 is 1.76 bits per heavy atom. The molecule has 0 aromatic heterocycles. The van der Waals surface area contributed by atoms with Crippen LogP contribution in [0.2, 0.25) is 0 Å². The molecule has 1 N–H and O–H groups in total. The third kappa shape index (κ3) is 3.23. The molecule has 3 heterocycles. The minimum absolute atomic E-state index is 0.0996. The van der Waals surface area contributed by atoms with Gasteiger partial charge in [-0.1, -0.05) is 36.4 Å².